The first kappa shape index (κ1) is 33.8. The molecule has 1 aromatic carbocycles. The highest BCUT2D eigenvalue weighted by Crippen LogP contribution is 2.31. The molecule has 12 heteroatoms. The number of methoxy groups -OCH3 is 1. The third-order valence-electron chi connectivity index (χ3n) is 8.13. The van der Waals surface area contributed by atoms with Crippen molar-refractivity contribution in [2.45, 2.75) is 91.1 Å². The van der Waals surface area contributed by atoms with Crippen molar-refractivity contribution >= 4 is 36.1 Å². The number of fused-ring (bicyclic) bond motifs is 3. The second kappa shape index (κ2) is 13.9. The van der Waals surface area contributed by atoms with E-state index < -0.39 is 53.7 Å². The molecular weight excluding hydrogens is 582 g/mol. The number of allylic oxidation sites excluding steroid dienone is 1. The van der Waals surface area contributed by atoms with E-state index in [1.165, 1.54) is 12.0 Å². The van der Waals surface area contributed by atoms with Crippen molar-refractivity contribution in [1.29, 1.82) is 0 Å². The van der Waals surface area contributed by atoms with E-state index in [-0.39, 0.29) is 38.0 Å². The van der Waals surface area contributed by atoms with E-state index in [0.29, 0.717) is 13.1 Å². The summed E-state index contributed by atoms with van der Waals surface area (Å²) >= 11 is 0. The van der Waals surface area contributed by atoms with Gasteiger partial charge in [-0.15, -0.1) is 0 Å². The van der Waals surface area contributed by atoms with Gasteiger partial charge >= 0.3 is 24.1 Å². The Balaban J connectivity index is 1.60. The van der Waals surface area contributed by atoms with Gasteiger partial charge in [0.1, 0.15) is 17.7 Å². The summed E-state index contributed by atoms with van der Waals surface area (Å²) in [6.07, 6.45) is 3.22. The molecule has 1 N–H and O–H groups in total. The van der Waals surface area contributed by atoms with Crippen LogP contribution in [0, 0.1) is 11.3 Å². The van der Waals surface area contributed by atoms with Gasteiger partial charge in [0.15, 0.2) is 0 Å². The number of carbonyl (C=O) groups is 5. The maximum absolute atomic E-state index is 14.0. The number of alkyl carbamates (subject to hydrolysis) is 1. The van der Waals surface area contributed by atoms with E-state index >= 15 is 0 Å². The lowest BCUT2D eigenvalue weighted by atomic mass is 9.88. The Morgan fingerprint density at radius 2 is 1.89 bits per heavy atom. The van der Waals surface area contributed by atoms with Crippen LogP contribution in [0.3, 0.4) is 0 Å². The predicted octanol–water partition coefficient (Wildman–Crippen LogP) is 4.19. The third kappa shape index (κ3) is 8.98. The fourth-order valence-electron chi connectivity index (χ4n) is 5.73. The third-order valence-corrected chi connectivity index (χ3v) is 8.13. The molecule has 45 heavy (non-hydrogen) atoms. The Morgan fingerprint density at radius 1 is 1.13 bits per heavy atom. The number of amides is 3. The minimum Gasteiger partial charge on any atom is -0.467 e. The van der Waals surface area contributed by atoms with Gasteiger partial charge in [0.05, 0.1) is 39.1 Å². The van der Waals surface area contributed by atoms with Crippen LogP contribution < -0.4 is 5.32 Å². The van der Waals surface area contributed by atoms with E-state index in [1.807, 2.05) is 32.0 Å². The first-order chi connectivity index (χ1) is 21.2. The van der Waals surface area contributed by atoms with Crippen LogP contribution in [0.2, 0.25) is 0 Å². The number of rotatable bonds is 3. The summed E-state index contributed by atoms with van der Waals surface area (Å²) in [5.41, 5.74) is 1.99. The van der Waals surface area contributed by atoms with Crippen LogP contribution in [0.5, 0.6) is 0 Å². The quantitative estimate of drug-likeness (QED) is 0.386. The van der Waals surface area contributed by atoms with Crippen molar-refractivity contribution in [1.82, 2.24) is 15.1 Å². The molecular formula is C33H45N3O9. The van der Waals surface area contributed by atoms with Gasteiger partial charge in [-0.25, -0.2) is 14.4 Å². The van der Waals surface area contributed by atoms with E-state index in [0.717, 1.165) is 29.5 Å². The summed E-state index contributed by atoms with van der Waals surface area (Å²) in [7, 11) is 1.21. The fourth-order valence-corrected chi connectivity index (χ4v) is 5.73. The van der Waals surface area contributed by atoms with E-state index in [1.54, 1.807) is 25.7 Å². The normalized spacial score (nSPS) is 24.8. The smallest absolute Gasteiger partial charge is 0.410 e. The molecule has 4 rings (SSSR count). The van der Waals surface area contributed by atoms with E-state index in [4.69, 9.17) is 18.9 Å². The monoisotopic (exact) mass is 627 g/mol. The zero-order chi connectivity index (χ0) is 32.9. The zero-order valence-electron chi connectivity index (χ0n) is 27.1. The van der Waals surface area contributed by atoms with Crippen molar-refractivity contribution in [3.63, 3.8) is 0 Å². The molecule has 3 aliphatic rings. The molecule has 0 spiro atoms. The van der Waals surface area contributed by atoms with Gasteiger partial charge in [0.25, 0.3) is 0 Å². The lowest BCUT2D eigenvalue weighted by molar-refractivity contribution is -0.155. The largest absolute Gasteiger partial charge is 0.467 e. The lowest BCUT2D eigenvalue weighted by Crippen LogP contribution is -2.48. The zero-order valence-corrected chi connectivity index (χ0v) is 27.1. The van der Waals surface area contributed by atoms with Crippen molar-refractivity contribution in [2.24, 2.45) is 11.3 Å². The van der Waals surface area contributed by atoms with Crippen LogP contribution in [0.4, 0.5) is 9.59 Å². The fraction of sp³-hybridized carbons (Fsp3) is 0.606. The van der Waals surface area contributed by atoms with Gasteiger partial charge in [-0.3, -0.25) is 14.5 Å². The number of carbonyl (C=O) groups excluding carboxylic acids is 5. The maximum atomic E-state index is 14.0. The molecule has 0 radical (unpaired) electrons. The van der Waals surface area contributed by atoms with E-state index in [9.17, 15) is 24.0 Å². The van der Waals surface area contributed by atoms with Crippen molar-refractivity contribution in [3.05, 3.63) is 41.0 Å². The summed E-state index contributed by atoms with van der Waals surface area (Å²) in [5.74, 6) is -2.94. The average Bonchev–Trinajstić information content (AvgIpc) is 3.59. The number of esters is 2. The minimum absolute atomic E-state index is 0.0315. The second-order valence-corrected chi connectivity index (χ2v) is 13.7. The van der Waals surface area contributed by atoms with Gasteiger partial charge in [0.2, 0.25) is 5.91 Å². The number of benzene rings is 1. The molecule has 246 valence electrons. The van der Waals surface area contributed by atoms with Crippen LogP contribution in [0.1, 0.15) is 77.0 Å². The molecule has 12 nitrogen and oxygen atoms in total. The van der Waals surface area contributed by atoms with Gasteiger partial charge in [-0.2, -0.15) is 0 Å². The van der Waals surface area contributed by atoms with Crippen LogP contribution in [-0.4, -0.2) is 84.4 Å². The molecule has 0 saturated carbocycles. The molecule has 4 bridgehead atoms. The molecule has 1 fully saturated rings. The van der Waals surface area contributed by atoms with Crippen LogP contribution in [0.25, 0.3) is 6.08 Å². The number of ether oxygens (including phenoxy) is 4. The summed E-state index contributed by atoms with van der Waals surface area (Å²) in [4.78, 5) is 68.4. The SMILES string of the molecule is COC(=O)[C@@H]1C[C@@H]2CN1C(=O)[C@H](CNC(=O)OC(C)(C)C)CC(=O)OCC(C)(C)CC/C=C/c1cccc3c1CN(C3)C(=O)O2. The number of hydrogen-bond donors (Lipinski definition) is 1. The lowest BCUT2D eigenvalue weighted by Gasteiger charge is -2.28. The average molecular weight is 628 g/mol. The molecule has 0 aliphatic carbocycles. The van der Waals surface area contributed by atoms with Gasteiger partial charge in [0, 0.05) is 19.5 Å². The Labute approximate surface area is 264 Å². The molecule has 0 aromatic heterocycles. The molecule has 3 amide bonds. The first-order valence-electron chi connectivity index (χ1n) is 15.4. The standard InChI is InChI=1S/C33H45N3O9/c1-32(2,3)45-30(40)34-16-23-14-27(37)43-20-33(4,5)13-8-7-10-21-11-9-12-22-17-35(19-25(21)22)31(41)44-24-15-26(29(39)42-6)36(18-24)28(23)38/h7,9-12,23-24,26H,8,13-20H2,1-6H3,(H,34,40)/b10-7+/t23-,24+,26-/m0/s1. The van der Waals surface area contributed by atoms with Crippen LogP contribution in [0.15, 0.2) is 24.3 Å². The number of hydrogen-bond acceptors (Lipinski definition) is 9. The van der Waals surface area contributed by atoms with Gasteiger partial charge in [-0.05, 0) is 55.7 Å². The first-order valence-corrected chi connectivity index (χ1v) is 15.4. The molecule has 3 aliphatic heterocycles. The Kier molecular flexibility index (Phi) is 10.4. The number of cyclic esters (lactones) is 1. The highest BCUT2D eigenvalue weighted by molar-refractivity contribution is 5.89. The molecule has 3 heterocycles. The Morgan fingerprint density at radius 3 is 2.60 bits per heavy atom. The number of nitrogens with one attached hydrogen (secondary N) is 1. The summed E-state index contributed by atoms with van der Waals surface area (Å²) in [6.45, 7) is 9.72. The summed E-state index contributed by atoms with van der Waals surface area (Å²) in [6, 6.07) is 4.92. The highest BCUT2D eigenvalue weighted by Gasteiger charge is 2.45. The Hall–Kier alpha value is -4.09. The van der Waals surface area contributed by atoms with Crippen LogP contribution in [-0.2, 0) is 46.4 Å². The molecule has 1 saturated heterocycles. The van der Waals surface area contributed by atoms with Gasteiger partial charge < -0.3 is 29.2 Å². The van der Waals surface area contributed by atoms with Crippen LogP contribution >= 0.6 is 0 Å². The van der Waals surface area contributed by atoms with Gasteiger partial charge in [-0.1, -0.05) is 44.2 Å². The molecule has 1 aromatic rings. The number of nitrogens with zero attached hydrogens (tertiary/aromatic N) is 2. The highest BCUT2D eigenvalue weighted by atomic mass is 16.6. The van der Waals surface area contributed by atoms with E-state index in [2.05, 4.69) is 17.5 Å². The maximum Gasteiger partial charge on any atom is 0.410 e. The summed E-state index contributed by atoms with van der Waals surface area (Å²) in [5, 5.41) is 2.57. The van der Waals surface area contributed by atoms with Crippen molar-refractivity contribution in [2.75, 3.05) is 26.8 Å². The molecule has 0 unspecified atom stereocenters. The molecule has 3 atom stereocenters. The second-order valence-electron chi connectivity index (χ2n) is 13.7. The summed E-state index contributed by atoms with van der Waals surface area (Å²) < 4.78 is 21.7. The topological polar surface area (TPSA) is 141 Å². The van der Waals surface area contributed by atoms with Crippen molar-refractivity contribution in [3.8, 4) is 0 Å². The predicted molar refractivity (Wildman–Crippen MR) is 163 cm³/mol. The minimum atomic E-state index is -1.07. The Bertz CT molecular complexity index is 1330. The van der Waals surface area contributed by atoms with Crippen molar-refractivity contribution < 1.29 is 42.9 Å².